The molecule has 0 aliphatic heterocycles. The number of halogens is 1. The standard InChI is InChI=1S/C14H22ClNS/c1-9(2)10-3-4-11(8-16)12(7-10)13-5-6-14(15)17-13/h5-6,9-12H,3-4,7-8,16H2,1-2H3. The van der Waals surface area contributed by atoms with Gasteiger partial charge < -0.3 is 5.73 Å². The topological polar surface area (TPSA) is 26.0 Å². The molecule has 0 bridgehead atoms. The van der Waals surface area contributed by atoms with Crippen LogP contribution in [0.25, 0.3) is 0 Å². The Morgan fingerprint density at radius 2 is 2.18 bits per heavy atom. The van der Waals surface area contributed by atoms with Crippen LogP contribution in [0, 0.1) is 17.8 Å². The van der Waals surface area contributed by atoms with Crippen molar-refractivity contribution in [2.24, 2.45) is 23.5 Å². The molecule has 1 aromatic rings. The second-order valence-electron chi connectivity index (χ2n) is 5.56. The number of hydrogen-bond donors (Lipinski definition) is 1. The van der Waals surface area contributed by atoms with Gasteiger partial charge in [-0.3, -0.25) is 0 Å². The summed E-state index contributed by atoms with van der Waals surface area (Å²) in [5.41, 5.74) is 5.93. The molecule has 2 rings (SSSR count). The van der Waals surface area contributed by atoms with Crippen molar-refractivity contribution in [3.05, 3.63) is 21.3 Å². The van der Waals surface area contributed by atoms with E-state index in [0.717, 1.165) is 22.7 Å². The maximum absolute atomic E-state index is 6.06. The largest absolute Gasteiger partial charge is 0.330 e. The molecule has 1 heterocycles. The Labute approximate surface area is 113 Å². The van der Waals surface area contributed by atoms with Crippen LogP contribution in [-0.4, -0.2) is 6.54 Å². The fourth-order valence-electron chi connectivity index (χ4n) is 3.03. The minimum absolute atomic E-state index is 0.638. The van der Waals surface area contributed by atoms with E-state index < -0.39 is 0 Å². The number of rotatable bonds is 3. The van der Waals surface area contributed by atoms with E-state index in [2.05, 4.69) is 19.9 Å². The molecule has 0 amide bonds. The summed E-state index contributed by atoms with van der Waals surface area (Å²) in [7, 11) is 0. The first-order valence-electron chi connectivity index (χ1n) is 6.57. The van der Waals surface area contributed by atoms with Crippen molar-refractivity contribution in [1.82, 2.24) is 0 Å². The second-order valence-corrected chi connectivity index (χ2v) is 7.31. The number of thiophene rings is 1. The molecule has 0 radical (unpaired) electrons. The molecule has 96 valence electrons. The smallest absolute Gasteiger partial charge is 0.0931 e. The molecule has 0 spiro atoms. The third-order valence-electron chi connectivity index (χ3n) is 4.24. The first-order valence-corrected chi connectivity index (χ1v) is 7.76. The normalized spacial score (nSPS) is 29.8. The summed E-state index contributed by atoms with van der Waals surface area (Å²) >= 11 is 7.79. The van der Waals surface area contributed by atoms with Gasteiger partial charge in [-0.05, 0) is 61.6 Å². The van der Waals surface area contributed by atoms with Crippen LogP contribution in [0.15, 0.2) is 12.1 Å². The zero-order valence-corrected chi connectivity index (χ0v) is 12.2. The van der Waals surface area contributed by atoms with E-state index in [-0.39, 0.29) is 0 Å². The van der Waals surface area contributed by atoms with Crippen molar-refractivity contribution in [2.75, 3.05) is 6.54 Å². The lowest BCUT2D eigenvalue weighted by atomic mass is 9.70. The summed E-state index contributed by atoms with van der Waals surface area (Å²) in [5.74, 6) is 2.92. The highest BCUT2D eigenvalue weighted by molar-refractivity contribution is 7.16. The predicted octanol–water partition coefficient (Wildman–Crippen LogP) is 4.52. The van der Waals surface area contributed by atoms with Gasteiger partial charge in [-0.25, -0.2) is 0 Å². The van der Waals surface area contributed by atoms with Crippen molar-refractivity contribution in [3.8, 4) is 0 Å². The van der Waals surface area contributed by atoms with Gasteiger partial charge in [0.25, 0.3) is 0 Å². The van der Waals surface area contributed by atoms with Crippen LogP contribution in [0.2, 0.25) is 4.34 Å². The van der Waals surface area contributed by atoms with Gasteiger partial charge in [0.15, 0.2) is 0 Å². The van der Waals surface area contributed by atoms with Crippen LogP contribution in [0.3, 0.4) is 0 Å². The fraction of sp³-hybridized carbons (Fsp3) is 0.714. The Balaban J connectivity index is 2.15. The van der Waals surface area contributed by atoms with E-state index in [9.17, 15) is 0 Å². The van der Waals surface area contributed by atoms with Crippen molar-refractivity contribution < 1.29 is 0 Å². The van der Waals surface area contributed by atoms with Crippen molar-refractivity contribution in [3.63, 3.8) is 0 Å². The lowest BCUT2D eigenvalue weighted by Crippen LogP contribution is -2.30. The molecule has 17 heavy (non-hydrogen) atoms. The van der Waals surface area contributed by atoms with Gasteiger partial charge in [-0.15, -0.1) is 11.3 Å². The first kappa shape index (κ1) is 13.4. The van der Waals surface area contributed by atoms with E-state index in [4.69, 9.17) is 17.3 Å². The van der Waals surface area contributed by atoms with Crippen LogP contribution >= 0.6 is 22.9 Å². The maximum atomic E-state index is 6.06. The molecular formula is C14H22ClNS. The Morgan fingerprint density at radius 1 is 1.41 bits per heavy atom. The van der Waals surface area contributed by atoms with Gasteiger partial charge >= 0.3 is 0 Å². The second kappa shape index (κ2) is 5.73. The van der Waals surface area contributed by atoms with Gasteiger partial charge in [0.05, 0.1) is 4.34 Å². The Bertz CT molecular complexity index is 361. The molecule has 1 aliphatic carbocycles. The minimum Gasteiger partial charge on any atom is -0.330 e. The van der Waals surface area contributed by atoms with Gasteiger partial charge in [-0.2, -0.15) is 0 Å². The summed E-state index contributed by atoms with van der Waals surface area (Å²) in [6, 6.07) is 4.22. The van der Waals surface area contributed by atoms with E-state index in [1.807, 2.05) is 6.07 Å². The van der Waals surface area contributed by atoms with Crippen molar-refractivity contribution in [1.29, 1.82) is 0 Å². The predicted molar refractivity (Wildman–Crippen MR) is 76.8 cm³/mol. The maximum Gasteiger partial charge on any atom is 0.0931 e. The molecule has 3 atom stereocenters. The number of nitrogens with two attached hydrogens (primary N) is 1. The molecule has 1 fully saturated rings. The molecule has 3 heteroatoms. The zero-order chi connectivity index (χ0) is 12.4. The van der Waals surface area contributed by atoms with E-state index in [1.54, 1.807) is 11.3 Å². The Hall–Kier alpha value is -0.0500. The molecule has 1 nitrogen and oxygen atoms in total. The van der Waals surface area contributed by atoms with Crippen LogP contribution in [-0.2, 0) is 0 Å². The fourth-order valence-corrected chi connectivity index (χ4v) is 4.30. The highest BCUT2D eigenvalue weighted by Gasteiger charge is 2.32. The third-order valence-corrected chi connectivity index (χ3v) is 5.60. The Kier molecular flexibility index (Phi) is 4.51. The summed E-state index contributed by atoms with van der Waals surface area (Å²) in [5, 5.41) is 0. The number of hydrogen-bond acceptors (Lipinski definition) is 2. The van der Waals surface area contributed by atoms with Gasteiger partial charge in [0.2, 0.25) is 0 Å². The molecular weight excluding hydrogens is 250 g/mol. The van der Waals surface area contributed by atoms with Crippen LogP contribution < -0.4 is 5.73 Å². The summed E-state index contributed by atoms with van der Waals surface area (Å²) in [6.45, 7) is 5.49. The monoisotopic (exact) mass is 271 g/mol. The van der Waals surface area contributed by atoms with E-state index in [0.29, 0.717) is 11.8 Å². The summed E-state index contributed by atoms with van der Waals surface area (Å²) in [6.07, 6.45) is 3.91. The van der Waals surface area contributed by atoms with Crippen LogP contribution in [0.4, 0.5) is 0 Å². The molecule has 2 N–H and O–H groups in total. The van der Waals surface area contributed by atoms with Crippen molar-refractivity contribution >= 4 is 22.9 Å². The highest BCUT2D eigenvalue weighted by Crippen LogP contribution is 2.45. The van der Waals surface area contributed by atoms with Gasteiger partial charge in [0.1, 0.15) is 0 Å². The quantitative estimate of drug-likeness (QED) is 0.860. The summed E-state index contributed by atoms with van der Waals surface area (Å²) < 4.78 is 0.905. The average Bonchev–Trinajstić information content (AvgIpc) is 2.74. The lowest BCUT2D eigenvalue weighted by molar-refractivity contribution is 0.199. The molecule has 3 unspecified atom stereocenters. The molecule has 1 aliphatic rings. The lowest BCUT2D eigenvalue weighted by Gasteiger charge is -2.37. The zero-order valence-electron chi connectivity index (χ0n) is 10.7. The SMILES string of the molecule is CC(C)C1CCC(CN)C(c2ccc(Cl)s2)C1. The molecule has 0 aromatic carbocycles. The molecule has 0 saturated heterocycles. The highest BCUT2D eigenvalue weighted by atomic mass is 35.5. The minimum atomic E-state index is 0.638. The molecule has 1 aromatic heterocycles. The average molecular weight is 272 g/mol. The van der Waals surface area contributed by atoms with E-state index >= 15 is 0 Å². The Morgan fingerprint density at radius 3 is 2.71 bits per heavy atom. The van der Waals surface area contributed by atoms with E-state index in [1.165, 1.54) is 24.1 Å². The van der Waals surface area contributed by atoms with Gasteiger partial charge in [-0.1, -0.05) is 25.4 Å². The first-order chi connectivity index (χ1) is 8.11. The van der Waals surface area contributed by atoms with Crippen LogP contribution in [0.5, 0.6) is 0 Å². The van der Waals surface area contributed by atoms with Crippen LogP contribution in [0.1, 0.15) is 43.9 Å². The van der Waals surface area contributed by atoms with Crippen molar-refractivity contribution in [2.45, 2.75) is 39.0 Å². The van der Waals surface area contributed by atoms with Gasteiger partial charge in [0, 0.05) is 4.88 Å². The molecule has 1 saturated carbocycles. The summed E-state index contributed by atoms with van der Waals surface area (Å²) in [4.78, 5) is 1.44. The third kappa shape index (κ3) is 3.04.